The number of carbonyl (C=O) groups excluding carboxylic acids is 1. The molecule has 0 aliphatic heterocycles. The van der Waals surface area contributed by atoms with Gasteiger partial charge in [-0.05, 0) is 45.6 Å². The normalized spacial score (nSPS) is 12.3. The first-order valence-corrected chi connectivity index (χ1v) is 6.15. The van der Waals surface area contributed by atoms with E-state index in [9.17, 15) is 4.79 Å². The first-order chi connectivity index (χ1) is 8.45. The highest BCUT2D eigenvalue weighted by Crippen LogP contribution is 2.22. The first kappa shape index (κ1) is 14.5. The summed E-state index contributed by atoms with van der Waals surface area (Å²) in [7, 11) is 5.76. The summed E-state index contributed by atoms with van der Waals surface area (Å²) >= 11 is 0. The third-order valence-electron chi connectivity index (χ3n) is 3.11. The molecule has 1 aromatic rings. The summed E-state index contributed by atoms with van der Waals surface area (Å²) in [5, 5.41) is 0. The highest BCUT2D eigenvalue weighted by atomic mass is 16.6. The van der Waals surface area contributed by atoms with Crippen LogP contribution in [0, 0.1) is 0 Å². The number of hydrogen-bond acceptors (Lipinski definition) is 3. The van der Waals surface area contributed by atoms with Crippen molar-refractivity contribution in [2.45, 2.75) is 19.9 Å². The molecule has 0 bridgehead atoms. The van der Waals surface area contributed by atoms with E-state index >= 15 is 0 Å². The van der Waals surface area contributed by atoms with Crippen molar-refractivity contribution in [1.29, 1.82) is 0 Å². The lowest BCUT2D eigenvalue weighted by Gasteiger charge is -2.21. The van der Waals surface area contributed by atoms with Gasteiger partial charge in [-0.2, -0.15) is 0 Å². The molecule has 0 heterocycles. The molecule has 1 aromatic carbocycles. The van der Waals surface area contributed by atoms with Crippen molar-refractivity contribution >= 4 is 6.09 Å². The van der Waals surface area contributed by atoms with E-state index in [0.29, 0.717) is 12.3 Å². The number of nitrogens with zero attached hydrogens (tertiary/aromatic N) is 2. The van der Waals surface area contributed by atoms with Gasteiger partial charge in [-0.25, -0.2) is 4.79 Å². The molecule has 4 heteroatoms. The maximum absolute atomic E-state index is 11.7. The molecule has 1 amide bonds. The fraction of sp³-hybridized carbons (Fsp3) is 0.500. The van der Waals surface area contributed by atoms with Gasteiger partial charge in [-0.1, -0.05) is 12.1 Å². The molecule has 0 radical (unpaired) electrons. The van der Waals surface area contributed by atoms with Gasteiger partial charge in [-0.3, -0.25) is 0 Å². The molecule has 1 rings (SSSR count). The molecular weight excluding hydrogens is 228 g/mol. The second kappa shape index (κ2) is 6.40. The van der Waals surface area contributed by atoms with Crippen molar-refractivity contribution in [1.82, 2.24) is 9.80 Å². The Kier molecular flexibility index (Phi) is 5.16. The van der Waals surface area contributed by atoms with Gasteiger partial charge in [0.25, 0.3) is 0 Å². The van der Waals surface area contributed by atoms with Crippen LogP contribution < -0.4 is 4.74 Å². The Morgan fingerprint density at radius 3 is 2.56 bits per heavy atom. The van der Waals surface area contributed by atoms with Crippen molar-refractivity contribution in [2.75, 3.05) is 27.7 Å². The van der Waals surface area contributed by atoms with Gasteiger partial charge in [0.2, 0.25) is 0 Å². The van der Waals surface area contributed by atoms with Gasteiger partial charge in [0, 0.05) is 19.6 Å². The van der Waals surface area contributed by atoms with Crippen LogP contribution in [0.4, 0.5) is 4.79 Å². The number of carbonyl (C=O) groups is 1. The number of hydrogen-bond donors (Lipinski definition) is 0. The zero-order valence-electron chi connectivity index (χ0n) is 11.8. The molecular formula is C14H22N2O2. The monoisotopic (exact) mass is 250 g/mol. The summed E-state index contributed by atoms with van der Waals surface area (Å²) in [5.41, 5.74) is 1.13. The minimum atomic E-state index is -0.327. The van der Waals surface area contributed by atoms with Gasteiger partial charge < -0.3 is 14.5 Å². The molecule has 0 aliphatic rings. The van der Waals surface area contributed by atoms with E-state index in [1.165, 1.54) is 4.90 Å². The Labute approximate surface area is 109 Å². The van der Waals surface area contributed by atoms with Crippen molar-refractivity contribution in [3.05, 3.63) is 29.8 Å². The fourth-order valence-electron chi connectivity index (χ4n) is 1.44. The molecule has 0 aromatic heterocycles. The Morgan fingerprint density at radius 2 is 2.00 bits per heavy atom. The second-order valence-corrected chi connectivity index (χ2v) is 4.59. The second-order valence-electron chi connectivity index (χ2n) is 4.59. The lowest BCUT2D eigenvalue weighted by molar-refractivity contribution is 0.165. The number of ether oxygens (including phenoxy) is 1. The standard InChI is InChI=1S/C14H22N2O2/c1-6-16(5)14(17)18-13-9-7-8-12(10-13)11(2)15(3)4/h7-11H,6H2,1-5H3. The SMILES string of the molecule is CCN(C)C(=O)Oc1cccc(C(C)N(C)C)c1. The van der Waals surface area contributed by atoms with Crippen molar-refractivity contribution in [2.24, 2.45) is 0 Å². The molecule has 0 N–H and O–H groups in total. The van der Waals surface area contributed by atoms with E-state index in [1.54, 1.807) is 13.1 Å². The van der Waals surface area contributed by atoms with Crippen LogP contribution in [-0.2, 0) is 0 Å². The molecule has 0 saturated heterocycles. The van der Waals surface area contributed by atoms with Gasteiger partial charge in [0.05, 0.1) is 0 Å². The van der Waals surface area contributed by atoms with Crippen LogP contribution in [0.3, 0.4) is 0 Å². The number of rotatable bonds is 4. The summed E-state index contributed by atoms with van der Waals surface area (Å²) in [6.45, 7) is 4.65. The van der Waals surface area contributed by atoms with Gasteiger partial charge in [0.15, 0.2) is 0 Å². The lowest BCUT2D eigenvalue weighted by Crippen LogP contribution is -2.29. The lowest BCUT2D eigenvalue weighted by atomic mass is 10.1. The Bertz CT molecular complexity index is 405. The average molecular weight is 250 g/mol. The average Bonchev–Trinajstić information content (AvgIpc) is 2.36. The predicted molar refractivity (Wildman–Crippen MR) is 72.9 cm³/mol. The van der Waals surface area contributed by atoms with E-state index < -0.39 is 0 Å². The summed E-state index contributed by atoms with van der Waals surface area (Å²) in [6, 6.07) is 7.93. The number of amides is 1. The summed E-state index contributed by atoms with van der Waals surface area (Å²) < 4.78 is 5.31. The molecule has 100 valence electrons. The molecule has 0 fully saturated rings. The van der Waals surface area contributed by atoms with E-state index in [2.05, 4.69) is 11.8 Å². The van der Waals surface area contributed by atoms with Crippen molar-refractivity contribution in [3.8, 4) is 5.75 Å². The topological polar surface area (TPSA) is 32.8 Å². The molecule has 1 atom stereocenters. The molecule has 0 aliphatic carbocycles. The van der Waals surface area contributed by atoms with Crippen LogP contribution in [0.25, 0.3) is 0 Å². The zero-order valence-corrected chi connectivity index (χ0v) is 11.8. The third kappa shape index (κ3) is 3.74. The minimum absolute atomic E-state index is 0.285. The predicted octanol–water partition coefficient (Wildman–Crippen LogP) is 2.76. The molecule has 0 spiro atoms. The van der Waals surface area contributed by atoms with Crippen molar-refractivity contribution in [3.63, 3.8) is 0 Å². The van der Waals surface area contributed by atoms with Gasteiger partial charge in [-0.15, -0.1) is 0 Å². The van der Waals surface area contributed by atoms with Crippen LogP contribution in [0.2, 0.25) is 0 Å². The van der Waals surface area contributed by atoms with Crippen molar-refractivity contribution < 1.29 is 9.53 Å². The first-order valence-electron chi connectivity index (χ1n) is 6.15. The van der Waals surface area contributed by atoms with Gasteiger partial charge in [0.1, 0.15) is 5.75 Å². The van der Waals surface area contributed by atoms with Gasteiger partial charge >= 0.3 is 6.09 Å². The van der Waals surface area contributed by atoms with Crippen LogP contribution in [0.5, 0.6) is 5.75 Å². The molecule has 4 nitrogen and oxygen atoms in total. The smallest absolute Gasteiger partial charge is 0.410 e. The molecule has 1 unspecified atom stereocenters. The summed E-state index contributed by atoms with van der Waals surface area (Å²) in [5.74, 6) is 0.589. The maximum atomic E-state index is 11.7. The largest absolute Gasteiger partial charge is 0.414 e. The van der Waals surface area contributed by atoms with Crippen LogP contribution in [0.1, 0.15) is 25.5 Å². The Hall–Kier alpha value is -1.55. The minimum Gasteiger partial charge on any atom is -0.410 e. The Morgan fingerprint density at radius 1 is 1.33 bits per heavy atom. The van der Waals surface area contributed by atoms with Crippen LogP contribution >= 0.6 is 0 Å². The summed E-state index contributed by atoms with van der Waals surface area (Å²) in [4.78, 5) is 15.3. The van der Waals surface area contributed by atoms with E-state index in [0.717, 1.165) is 5.56 Å². The quantitative estimate of drug-likeness (QED) is 0.823. The van der Waals surface area contributed by atoms with E-state index in [4.69, 9.17) is 4.74 Å². The molecule has 18 heavy (non-hydrogen) atoms. The third-order valence-corrected chi connectivity index (χ3v) is 3.11. The summed E-state index contributed by atoms with van der Waals surface area (Å²) in [6.07, 6.45) is -0.327. The van der Waals surface area contributed by atoms with E-state index in [1.807, 2.05) is 39.2 Å². The zero-order chi connectivity index (χ0) is 13.7. The Balaban J connectivity index is 2.80. The highest BCUT2D eigenvalue weighted by molar-refractivity contribution is 5.70. The fourth-order valence-corrected chi connectivity index (χ4v) is 1.44. The van der Waals surface area contributed by atoms with E-state index in [-0.39, 0.29) is 12.1 Å². The number of benzene rings is 1. The van der Waals surface area contributed by atoms with Crippen LogP contribution in [-0.4, -0.2) is 43.6 Å². The van der Waals surface area contributed by atoms with Crippen LogP contribution in [0.15, 0.2) is 24.3 Å². The maximum Gasteiger partial charge on any atom is 0.414 e. The highest BCUT2D eigenvalue weighted by Gasteiger charge is 2.12. The molecule has 0 saturated carbocycles.